The predicted molar refractivity (Wildman–Crippen MR) is 121 cm³/mol. The SMILES string of the molecule is CN=C(NCC1CCOc2ccccc21)N1CCC(N2CCCCC2)C1.I. The Labute approximate surface area is 180 Å². The van der Waals surface area contributed by atoms with Gasteiger partial charge in [-0.2, -0.15) is 0 Å². The van der Waals surface area contributed by atoms with E-state index in [-0.39, 0.29) is 24.0 Å². The molecule has 1 N–H and O–H groups in total. The molecule has 27 heavy (non-hydrogen) atoms. The van der Waals surface area contributed by atoms with Crippen LogP contribution in [0.3, 0.4) is 0 Å². The molecule has 0 saturated carbocycles. The van der Waals surface area contributed by atoms with Crippen molar-refractivity contribution in [2.45, 2.75) is 44.1 Å². The van der Waals surface area contributed by atoms with Crippen molar-refractivity contribution >= 4 is 29.9 Å². The molecule has 3 heterocycles. The summed E-state index contributed by atoms with van der Waals surface area (Å²) in [7, 11) is 1.91. The van der Waals surface area contributed by atoms with E-state index in [1.54, 1.807) is 0 Å². The summed E-state index contributed by atoms with van der Waals surface area (Å²) in [6.45, 7) is 6.53. The number of halogens is 1. The summed E-state index contributed by atoms with van der Waals surface area (Å²) in [6, 6.07) is 9.15. The van der Waals surface area contributed by atoms with E-state index in [4.69, 9.17) is 4.74 Å². The molecule has 6 heteroatoms. The third-order valence-electron chi connectivity index (χ3n) is 6.17. The number of piperidine rings is 1. The lowest BCUT2D eigenvalue weighted by atomic mass is 9.93. The predicted octanol–water partition coefficient (Wildman–Crippen LogP) is 3.31. The number of hydrogen-bond donors (Lipinski definition) is 1. The lowest BCUT2D eigenvalue weighted by Gasteiger charge is -2.32. The first-order valence-electron chi connectivity index (χ1n) is 10.3. The Bertz CT molecular complexity index is 632. The number of hydrogen-bond acceptors (Lipinski definition) is 3. The molecular formula is C21H33IN4O. The lowest BCUT2D eigenvalue weighted by Crippen LogP contribution is -2.45. The highest BCUT2D eigenvalue weighted by Gasteiger charge is 2.30. The van der Waals surface area contributed by atoms with Gasteiger partial charge in [0.15, 0.2) is 5.96 Å². The average Bonchev–Trinajstić information content (AvgIpc) is 3.19. The second kappa shape index (κ2) is 9.96. The van der Waals surface area contributed by atoms with E-state index >= 15 is 0 Å². The fraction of sp³-hybridized carbons (Fsp3) is 0.667. The lowest BCUT2D eigenvalue weighted by molar-refractivity contribution is 0.168. The van der Waals surface area contributed by atoms with Crippen molar-refractivity contribution in [2.24, 2.45) is 4.99 Å². The molecule has 3 aliphatic rings. The number of guanidine groups is 1. The van der Waals surface area contributed by atoms with Gasteiger partial charge in [0.1, 0.15) is 5.75 Å². The first-order valence-corrected chi connectivity index (χ1v) is 10.3. The Morgan fingerprint density at radius 3 is 2.78 bits per heavy atom. The van der Waals surface area contributed by atoms with Gasteiger partial charge in [-0.05, 0) is 50.4 Å². The number of para-hydroxylation sites is 1. The standard InChI is InChI=1S/C21H32N4O.HI/c1-22-21(25-13-9-18(16-25)24-11-5-2-6-12-24)23-15-17-10-14-26-20-8-4-3-7-19(17)20;/h3-4,7-8,17-18H,2,5-6,9-16H2,1H3,(H,22,23);1H. The van der Waals surface area contributed by atoms with Crippen LogP contribution in [0, 0.1) is 0 Å². The van der Waals surface area contributed by atoms with Gasteiger partial charge in [-0.25, -0.2) is 0 Å². The maximum absolute atomic E-state index is 5.79. The van der Waals surface area contributed by atoms with Crippen LogP contribution in [0.4, 0.5) is 0 Å². The van der Waals surface area contributed by atoms with Crippen molar-refractivity contribution in [3.63, 3.8) is 0 Å². The molecule has 0 aliphatic carbocycles. The molecule has 2 fully saturated rings. The van der Waals surface area contributed by atoms with Crippen molar-refractivity contribution in [1.29, 1.82) is 0 Å². The molecule has 1 aromatic rings. The third kappa shape index (κ3) is 4.88. The fourth-order valence-electron chi connectivity index (χ4n) is 4.69. The van der Waals surface area contributed by atoms with Crippen LogP contribution >= 0.6 is 24.0 Å². The number of ether oxygens (including phenoxy) is 1. The minimum Gasteiger partial charge on any atom is -0.493 e. The topological polar surface area (TPSA) is 40.1 Å². The van der Waals surface area contributed by atoms with Gasteiger partial charge in [-0.1, -0.05) is 24.6 Å². The summed E-state index contributed by atoms with van der Waals surface area (Å²) < 4.78 is 5.79. The van der Waals surface area contributed by atoms with E-state index < -0.39 is 0 Å². The molecule has 4 rings (SSSR count). The quantitative estimate of drug-likeness (QED) is 0.406. The van der Waals surface area contributed by atoms with Crippen molar-refractivity contribution in [3.8, 4) is 5.75 Å². The zero-order chi connectivity index (χ0) is 17.8. The van der Waals surface area contributed by atoms with Crippen molar-refractivity contribution in [1.82, 2.24) is 15.1 Å². The zero-order valence-electron chi connectivity index (χ0n) is 16.4. The van der Waals surface area contributed by atoms with Crippen LogP contribution < -0.4 is 10.1 Å². The Hall–Kier alpha value is -1.02. The second-order valence-corrected chi connectivity index (χ2v) is 7.79. The summed E-state index contributed by atoms with van der Waals surface area (Å²) in [5.41, 5.74) is 1.33. The highest BCUT2D eigenvalue weighted by Crippen LogP contribution is 2.32. The van der Waals surface area contributed by atoms with Gasteiger partial charge in [-0.3, -0.25) is 9.89 Å². The molecule has 3 aliphatic heterocycles. The summed E-state index contributed by atoms with van der Waals surface area (Å²) in [4.78, 5) is 9.72. The number of nitrogens with one attached hydrogen (secondary N) is 1. The Morgan fingerprint density at radius 2 is 1.96 bits per heavy atom. The van der Waals surface area contributed by atoms with E-state index in [2.05, 4.69) is 44.4 Å². The van der Waals surface area contributed by atoms with Crippen LogP contribution in [0.25, 0.3) is 0 Å². The highest BCUT2D eigenvalue weighted by atomic mass is 127. The Balaban J connectivity index is 0.00000210. The van der Waals surface area contributed by atoms with Crippen molar-refractivity contribution in [3.05, 3.63) is 29.8 Å². The number of likely N-dealkylation sites (tertiary alicyclic amines) is 2. The van der Waals surface area contributed by atoms with Crippen LogP contribution in [-0.2, 0) is 0 Å². The molecular weight excluding hydrogens is 451 g/mol. The van der Waals surface area contributed by atoms with Crippen LogP contribution in [-0.4, -0.2) is 68.2 Å². The molecule has 2 atom stereocenters. The number of aliphatic imine (C=N–C) groups is 1. The van der Waals surface area contributed by atoms with Gasteiger partial charge >= 0.3 is 0 Å². The number of rotatable bonds is 3. The van der Waals surface area contributed by atoms with Gasteiger partial charge in [-0.15, -0.1) is 24.0 Å². The molecule has 0 amide bonds. The van der Waals surface area contributed by atoms with E-state index in [9.17, 15) is 0 Å². The van der Waals surface area contributed by atoms with Gasteiger partial charge in [0, 0.05) is 38.6 Å². The maximum Gasteiger partial charge on any atom is 0.193 e. The van der Waals surface area contributed by atoms with E-state index in [0.717, 1.165) is 44.4 Å². The summed E-state index contributed by atoms with van der Waals surface area (Å²) in [5.74, 6) is 2.61. The number of fused-ring (bicyclic) bond motifs is 1. The van der Waals surface area contributed by atoms with Gasteiger partial charge in [0.05, 0.1) is 6.61 Å². The smallest absolute Gasteiger partial charge is 0.193 e. The molecule has 0 radical (unpaired) electrons. The molecule has 150 valence electrons. The number of nitrogens with zero attached hydrogens (tertiary/aromatic N) is 3. The van der Waals surface area contributed by atoms with Crippen molar-refractivity contribution < 1.29 is 4.74 Å². The third-order valence-corrected chi connectivity index (χ3v) is 6.17. The minimum atomic E-state index is 0. The van der Waals surface area contributed by atoms with Crippen LogP contribution in [0.15, 0.2) is 29.3 Å². The summed E-state index contributed by atoms with van der Waals surface area (Å²) >= 11 is 0. The van der Waals surface area contributed by atoms with Crippen LogP contribution in [0.1, 0.15) is 43.6 Å². The van der Waals surface area contributed by atoms with Crippen LogP contribution in [0.2, 0.25) is 0 Å². The summed E-state index contributed by atoms with van der Waals surface area (Å²) in [5, 5.41) is 3.65. The number of benzene rings is 1. The van der Waals surface area contributed by atoms with E-state index in [1.807, 2.05) is 7.05 Å². The van der Waals surface area contributed by atoms with Gasteiger partial charge in [0.25, 0.3) is 0 Å². The van der Waals surface area contributed by atoms with E-state index in [0.29, 0.717) is 12.0 Å². The minimum absolute atomic E-state index is 0. The largest absolute Gasteiger partial charge is 0.493 e. The van der Waals surface area contributed by atoms with Crippen LogP contribution in [0.5, 0.6) is 5.75 Å². The Morgan fingerprint density at radius 1 is 1.15 bits per heavy atom. The maximum atomic E-state index is 5.79. The zero-order valence-corrected chi connectivity index (χ0v) is 18.7. The molecule has 0 bridgehead atoms. The monoisotopic (exact) mass is 484 g/mol. The molecule has 2 saturated heterocycles. The average molecular weight is 484 g/mol. The normalized spacial score (nSPS) is 26.1. The molecule has 2 unspecified atom stereocenters. The van der Waals surface area contributed by atoms with Crippen molar-refractivity contribution in [2.75, 3.05) is 46.4 Å². The van der Waals surface area contributed by atoms with Gasteiger partial charge < -0.3 is 15.0 Å². The molecule has 0 spiro atoms. The first-order chi connectivity index (χ1) is 12.8. The molecule has 0 aromatic heterocycles. The summed E-state index contributed by atoms with van der Waals surface area (Å²) in [6.07, 6.45) is 6.47. The molecule has 1 aromatic carbocycles. The Kier molecular flexibility index (Phi) is 7.64. The fourth-order valence-corrected chi connectivity index (χ4v) is 4.69. The van der Waals surface area contributed by atoms with Gasteiger partial charge in [0.2, 0.25) is 0 Å². The second-order valence-electron chi connectivity index (χ2n) is 7.79. The van der Waals surface area contributed by atoms with E-state index in [1.165, 1.54) is 44.3 Å². The highest BCUT2D eigenvalue weighted by molar-refractivity contribution is 14.0. The first kappa shape index (κ1) is 20.7. The molecule has 5 nitrogen and oxygen atoms in total.